The zero-order chi connectivity index (χ0) is 15.2. The first kappa shape index (κ1) is 17.2. The lowest BCUT2D eigenvalue weighted by molar-refractivity contribution is 0.252. The number of sulfonamides is 1. The number of hydrogen-bond donors (Lipinski definition) is 1. The number of methoxy groups -OCH3 is 1. The van der Waals surface area contributed by atoms with Crippen molar-refractivity contribution >= 4 is 21.6 Å². The van der Waals surface area contributed by atoms with Gasteiger partial charge < -0.3 is 9.84 Å². The fraction of sp³-hybridized carbons (Fsp3) is 0.538. The van der Waals surface area contributed by atoms with Gasteiger partial charge in [-0.15, -0.1) is 0 Å². The summed E-state index contributed by atoms with van der Waals surface area (Å²) in [5.41, 5.74) is 0. The maximum atomic E-state index is 12.6. The second-order valence-electron chi connectivity index (χ2n) is 4.28. The maximum absolute atomic E-state index is 12.6. The van der Waals surface area contributed by atoms with Gasteiger partial charge in [0, 0.05) is 24.2 Å². The molecular weight excluding hydrogens is 302 g/mol. The molecule has 0 spiro atoms. The van der Waals surface area contributed by atoms with Crippen molar-refractivity contribution in [3.8, 4) is 5.75 Å². The summed E-state index contributed by atoms with van der Waals surface area (Å²) in [6.07, 6.45) is 1.60. The lowest BCUT2D eigenvalue weighted by atomic mass is 10.3. The Balaban J connectivity index is 3.18. The Labute approximate surface area is 125 Å². The normalized spacial score (nSPS) is 11.8. The van der Waals surface area contributed by atoms with E-state index in [-0.39, 0.29) is 23.8 Å². The van der Waals surface area contributed by atoms with Gasteiger partial charge in [-0.2, -0.15) is 4.31 Å². The maximum Gasteiger partial charge on any atom is 0.246 e. The molecule has 1 N–H and O–H groups in total. The summed E-state index contributed by atoms with van der Waals surface area (Å²) in [7, 11) is -2.31. The second-order valence-corrected chi connectivity index (χ2v) is 6.62. The number of rotatable bonds is 8. The summed E-state index contributed by atoms with van der Waals surface area (Å²) >= 11 is 5.84. The Bertz CT molecular complexity index is 533. The van der Waals surface area contributed by atoms with Crippen molar-refractivity contribution in [3.63, 3.8) is 0 Å². The van der Waals surface area contributed by atoms with Crippen molar-refractivity contribution in [1.29, 1.82) is 0 Å². The van der Waals surface area contributed by atoms with Crippen molar-refractivity contribution in [2.45, 2.75) is 24.7 Å². The van der Waals surface area contributed by atoms with Crippen molar-refractivity contribution in [2.75, 3.05) is 26.8 Å². The molecule has 0 amide bonds. The Morgan fingerprint density at radius 2 is 2.05 bits per heavy atom. The number of unbranched alkanes of at least 4 members (excludes halogenated alkanes) is 1. The van der Waals surface area contributed by atoms with Crippen LogP contribution in [-0.4, -0.2) is 44.6 Å². The number of aliphatic hydroxyl groups is 1. The number of nitrogens with zero attached hydrogens (tertiary/aromatic N) is 1. The van der Waals surface area contributed by atoms with Crippen molar-refractivity contribution in [1.82, 2.24) is 4.31 Å². The molecule has 114 valence electrons. The van der Waals surface area contributed by atoms with Crippen molar-refractivity contribution in [3.05, 3.63) is 23.2 Å². The Hall–Kier alpha value is -0.820. The van der Waals surface area contributed by atoms with Gasteiger partial charge in [-0.1, -0.05) is 24.9 Å². The molecule has 0 saturated carbocycles. The molecule has 1 aromatic rings. The summed E-state index contributed by atoms with van der Waals surface area (Å²) in [6, 6.07) is 4.39. The van der Waals surface area contributed by atoms with E-state index in [0.717, 1.165) is 12.8 Å². The molecule has 0 aliphatic carbocycles. The van der Waals surface area contributed by atoms with Crippen molar-refractivity contribution in [2.24, 2.45) is 0 Å². The smallest absolute Gasteiger partial charge is 0.246 e. The summed E-state index contributed by atoms with van der Waals surface area (Å²) < 4.78 is 31.6. The van der Waals surface area contributed by atoms with Gasteiger partial charge in [-0.05, 0) is 18.6 Å². The summed E-state index contributed by atoms with van der Waals surface area (Å²) in [6.45, 7) is 2.19. The zero-order valence-corrected chi connectivity index (χ0v) is 13.2. The highest BCUT2D eigenvalue weighted by Gasteiger charge is 2.27. The highest BCUT2D eigenvalue weighted by Crippen LogP contribution is 2.29. The number of benzene rings is 1. The highest BCUT2D eigenvalue weighted by atomic mass is 35.5. The molecule has 1 aromatic carbocycles. The van der Waals surface area contributed by atoms with Gasteiger partial charge in [0.05, 0.1) is 13.7 Å². The van der Waals surface area contributed by atoms with Crippen molar-refractivity contribution < 1.29 is 18.3 Å². The van der Waals surface area contributed by atoms with Crippen LogP contribution < -0.4 is 4.74 Å². The average Bonchev–Trinajstić information content (AvgIpc) is 2.42. The minimum absolute atomic E-state index is 0.0636. The lowest BCUT2D eigenvalue weighted by Gasteiger charge is -2.22. The van der Waals surface area contributed by atoms with Crippen LogP contribution in [0.2, 0.25) is 5.02 Å². The third kappa shape index (κ3) is 4.09. The fourth-order valence-electron chi connectivity index (χ4n) is 1.79. The summed E-state index contributed by atoms with van der Waals surface area (Å²) in [4.78, 5) is 0.0638. The predicted octanol–water partition coefficient (Wildman–Crippen LogP) is 2.13. The molecular formula is C13H20ClNO4S. The Kier molecular flexibility index (Phi) is 6.75. The van der Waals surface area contributed by atoms with E-state index < -0.39 is 10.0 Å². The fourth-order valence-corrected chi connectivity index (χ4v) is 3.56. The SMILES string of the molecule is CCCCN(CCO)S(=O)(=O)c1ccc(Cl)cc1OC. The van der Waals surface area contributed by atoms with Gasteiger partial charge >= 0.3 is 0 Å². The third-order valence-corrected chi connectivity index (χ3v) is 5.03. The van der Waals surface area contributed by atoms with E-state index in [1.54, 1.807) is 0 Å². The topological polar surface area (TPSA) is 66.8 Å². The van der Waals surface area contributed by atoms with E-state index in [1.807, 2.05) is 6.92 Å². The second kappa shape index (κ2) is 7.83. The molecule has 5 nitrogen and oxygen atoms in total. The molecule has 0 aliphatic rings. The van der Waals surface area contributed by atoms with Crippen LogP contribution in [0.3, 0.4) is 0 Å². The molecule has 7 heteroatoms. The minimum atomic E-state index is -3.71. The molecule has 0 saturated heterocycles. The van der Waals surface area contributed by atoms with Gasteiger partial charge in [0.2, 0.25) is 10.0 Å². The molecule has 0 unspecified atom stereocenters. The van der Waals surface area contributed by atoms with E-state index in [0.29, 0.717) is 11.6 Å². The largest absolute Gasteiger partial charge is 0.495 e. The molecule has 0 aromatic heterocycles. The van der Waals surface area contributed by atoms with E-state index in [4.69, 9.17) is 21.4 Å². The molecule has 0 atom stereocenters. The highest BCUT2D eigenvalue weighted by molar-refractivity contribution is 7.89. The van der Waals surface area contributed by atoms with Gasteiger partial charge in [-0.3, -0.25) is 0 Å². The van der Waals surface area contributed by atoms with Gasteiger partial charge in [0.15, 0.2) is 0 Å². The van der Waals surface area contributed by atoms with Crippen LogP contribution in [0.25, 0.3) is 0 Å². The number of aliphatic hydroxyl groups excluding tert-OH is 1. The Morgan fingerprint density at radius 1 is 1.35 bits per heavy atom. The van der Waals surface area contributed by atoms with Crippen LogP contribution in [0.1, 0.15) is 19.8 Å². The quantitative estimate of drug-likeness (QED) is 0.796. The number of hydrogen-bond acceptors (Lipinski definition) is 4. The van der Waals surface area contributed by atoms with E-state index in [2.05, 4.69) is 0 Å². The first-order valence-electron chi connectivity index (χ1n) is 6.42. The summed E-state index contributed by atoms with van der Waals surface area (Å²) in [5.74, 6) is 0.205. The number of ether oxygens (including phenoxy) is 1. The van der Waals surface area contributed by atoms with E-state index in [9.17, 15) is 8.42 Å². The first-order valence-corrected chi connectivity index (χ1v) is 8.23. The van der Waals surface area contributed by atoms with Crippen LogP contribution in [0.4, 0.5) is 0 Å². The monoisotopic (exact) mass is 321 g/mol. The van der Waals surface area contributed by atoms with Gasteiger partial charge in [0.25, 0.3) is 0 Å². The Morgan fingerprint density at radius 3 is 2.60 bits per heavy atom. The standard InChI is InChI=1S/C13H20ClNO4S/c1-3-4-7-15(8-9-16)20(17,18)13-6-5-11(14)10-12(13)19-2/h5-6,10,16H,3-4,7-9H2,1-2H3. The van der Waals surface area contributed by atoms with E-state index in [1.165, 1.54) is 29.6 Å². The lowest BCUT2D eigenvalue weighted by Crippen LogP contribution is -2.34. The minimum Gasteiger partial charge on any atom is -0.495 e. The van der Waals surface area contributed by atoms with Crippen LogP contribution in [-0.2, 0) is 10.0 Å². The first-order chi connectivity index (χ1) is 9.47. The number of halogens is 1. The molecule has 0 bridgehead atoms. The van der Waals surface area contributed by atoms with Crippen LogP contribution in [0.5, 0.6) is 5.75 Å². The molecule has 0 heterocycles. The summed E-state index contributed by atoms with van der Waals surface area (Å²) in [5, 5.41) is 9.46. The van der Waals surface area contributed by atoms with Gasteiger partial charge in [-0.25, -0.2) is 8.42 Å². The van der Waals surface area contributed by atoms with Crippen LogP contribution >= 0.6 is 11.6 Å². The molecule has 0 radical (unpaired) electrons. The average molecular weight is 322 g/mol. The van der Waals surface area contributed by atoms with E-state index >= 15 is 0 Å². The van der Waals surface area contributed by atoms with Crippen LogP contribution in [0, 0.1) is 0 Å². The third-order valence-electron chi connectivity index (χ3n) is 2.85. The molecule has 1 rings (SSSR count). The molecule has 20 heavy (non-hydrogen) atoms. The zero-order valence-electron chi connectivity index (χ0n) is 11.7. The van der Waals surface area contributed by atoms with Crippen LogP contribution in [0.15, 0.2) is 23.1 Å². The molecule has 0 aliphatic heterocycles. The molecule has 0 fully saturated rings. The van der Waals surface area contributed by atoms with Gasteiger partial charge in [0.1, 0.15) is 10.6 Å². The predicted molar refractivity (Wildman–Crippen MR) is 78.8 cm³/mol.